The van der Waals surface area contributed by atoms with Crippen LogP contribution in [0.2, 0.25) is 0 Å². The molecule has 0 spiro atoms. The molecule has 0 amide bonds. The zero-order valence-electron chi connectivity index (χ0n) is 10.9. The van der Waals surface area contributed by atoms with E-state index in [1.54, 1.807) is 17.4 Å². The van der Waals surface area contributed by atoms with E-state index >= 15 is 0 Å². The molecule has 0 saturated carbocycles. The van der Waals surface area contributed by atoms with Gasteiger partial charge in [-0.15, -0.1) is 11.3 Å². The van der Waals surface area contributed by atoms with Gasteiger partial charge in [-0.1, -0.05) is 18.2 Å². The first-order valence-electron chi connectivity index (χ1n) is 6.02. The summed E-state index contributed by atoms with van der Waals surface area (Å²) in [6.07, 6.45) is 0. The zero-order valence-corrected chi connectivity index (χ0v) is 11.7. The predicted molar refractivity (Wildman–Crippen MR) is 74.9 cm³/mol. The molecule has 2 aromatic rings. The number of phenolic OH excluding ortho intramolecular Hbond substituents is 1. The molecular formula is C14H18N2OS. The highest BCUT2D eigenvalue weighted by atomic mass is 32.1. The van der Waals surface area contributed by atoms with Crippen LogP contribution in [0.25, 0.3) is 0 Å². The van der Waals surface area contributed by atoms with Gasteiger partial charge in [0.1, 0.15) is 5.75 Å². The molecule has 1 aromatic heterocycles. The van der Waals surface area contributed by atoms with E-state index in [4.69, 9.17) is 0 Å². The van der Waals surface area contributed by atoms with Gasteiger partial charge in [-0.3, -0.25) is 0 Å². The molecule has 1 aromatic carbocycles. The number of aryl methyl sites for hydroxylation is 2. The van der Waals surface area contributed by atoms with Crippen molar-refractivity contribution in [2.75, 3.05) is 0 Å². The molecule has 0 aliphatic carbocycles. The van der Waals surface area contributed by atoms with Gasteiger partial charge < -0.3 is 10.4 Å². The Labute approximate surface area is 112 Å². The van der Waals surface area contributed by atoms with Crippen molar-refractivity contribution in [3.05, 3.63) is 45.4 Å². The minimum Gasteiger partial charge on any atom is -0.508 e. The van der Waals surface area contributed by atoms with Gasteiger partial charge in [-0.25, -0.2) is 4.98 Å². The number of benzene rings is 1. The van der Waals surface area contributed by atoms with Gasteiger partial charge in [-0.05, 0) is 26.8 Å². The maximum absolute atomic E-state index is 9.70. The Morgan fingerprint density at radius 2 is 2.06 bits per heavy atom. The van der Waals surface area contributed by atoms with Gasteiger partial charge in [0.05, 0.1) is 10.7 Å². The summed E-state index contributed by atoms with van der Waals surface area (Å²) in [7, 11) is 0. The van der Waals surface area contributed by atoms with Crippen LogP contribution in [0.1, 0.15) is 34.1 Å². The smallest absolute Gasteiger partial charge is 0.120 e. The Balaban J connectivity index is 2.03. The van der Waals surface area contributed by atoms with Gasteiger partial charge in [0.2, 0.25) is 0 Å². The molecule has 0 fully saturated rings. The maximum Gasteiger partial charge on any atom is 0.120 e. The van der Waals surface area contributed by atoms with Crippen LogP contribution < -0.4 is 5.32 Å². The van der Waals surface area contributed by atoms with Gasteiger partial charge >= 0.3 is 0 Å². The highest BCUT2D eigenvalue weighted by Gasteiger charge is 2.12. The van der Waals surface area contributed by atoms with E-state index in [9.17, 15) is 5.11 Å². The highest BCUT2D eigenvalue weighted by Crippen LogP contribution is 2.25. The summed E-state index contributed by atoms with van der Waals surface area (Å²) in [4.78, 5) is 5.70. The van der Waals surface area contributed by atoms with Crippen LogP contribution in [0.15, 0.2) is 24.3 Å². The van der Waals surface area contributed by atoms with Crippen molar-refractivity contribution in [2.24, 2.45) is 0 Å². The fourth-order valence-electron chi connectivity index (χ4n) is 1.96. The molecule has 0 aliphatic heterocycles. The second-order valence-electron chi connectivity index (χ2n) is 4.41. The van der Waals surface area contributed by atoms with E-state index in [1.165, 1.54) is 4.88 Å². The second-order valence-corrected chi connectivity index (χ2v) is 5.65. The molecule has 96 valence electrons. The van der Waals surface area contributed by atoms with Crippen molar-refractivity contribution < 1.29 is 5.11 Å². The number of para-hydroxylation sites is 1. The summed E-state index contributed by atoms with van der Waals surface area (Å²) >= 11 is 1.73. The maximum atomic E-state index is 9.70. The number of aromatic hydroxyl groups is 1. The van der Waals surface area contributed by atoms with E-state index in [0.29, 0.717) is 12.3 Å². The molecule has 18 heavy (non-hydrogen) atoms. The Morgan fingerprint density at radius 3 is 2.67 bits per heavy atom. The number of hydrogen-bond acceptors (Lipinski definition) is 4. The van der Waals surface area contributed by atoms with Crippen LogP contribution in [-0.4, -0.2) is 10.1 Å². The average molecular weight is 262 g/mol. The number of phenols is 1. The molecule has 1 atom stereocenters. The second kappa shape index (κ2) is 5.50. The molecule has 3 nitrogen and oxygen atoms in total. The fraction of sp³-hybridized carbons (Fsp3) is 0.357. The molecule has 0 bridgehead atoms. The van der Waals surface area contributed by atoms with Crippen LogP contribution >= 0.6 is 11.3 Å². The minimum atomic E-state index is 0.246. The van der Waals surface area contributed by atoms with E-state index < -0.39 is 0 Å². The summed E-state index contributed by atoms with van der Waals surface area (Å²) in [6, 6.07) is 7.65. The fourth-order valence-corrected chi connectivity index (χ4v) is 2.92. The third-order valence-corrected chi connectivity index (χ3v) is 4.18. The summed E-state index contributed by atoms with van der Waals surface area (Å²) in [5.41, 5.74) is 2.01. The van der Waals surface area contributed by atoms with E-state index in [2.05, 4.69) is 17.2 Å². The van der Waals surface area contributed by atoms with E-state index in [0.717, 1.165) is 16.3 Å². The molecule has 2 N–H and O–H groups in total. The van der Waals surface area contributed by atoms with Crippen LogP contribution in [0.3, 0.4) is 0 Å². The number of aromatic nitrogens is 1. The average Bonchev–Trinajstić information content (AvgIpc) is 2.67. The molecule has 1 heterocycles. The van der Waals surface area contributed by atoms with Crippen molar-refractivity contribution in [1.29, 1.82) is 0 Å². The number of hydrogen-bond donors (Lipinski definition) is 2. The van der Waals surface area contributed by atoms with Crippen LogP contribution in [0, 0.1) is 13.8 Å². The highest BCUT2D eigenvalue weighted by molar-refractivity contribution is 7.11. The molecule has 2 rings (SSSR count). The van der Waals surface area contributed by atoms with Crippen LogP contribution in [0.5, 0.6) is 5.75 Å². The standard InChI is InChI=1S/C14H18N2OS/c1-9(14-10(2)16-11(3)18-14)15-8-12-6-4-5-7-13(12)17/h4-7,9,15,17H,8H2,1-3H3. The third-order valence-electron chi connectivity index (χ3n) is 2.92. The SMILES string of the molecule is Cc1nc(C)c(C(C)NCc2ccccc2O)s1. The first-order chi connectivity index (χ1) is 8.58. The molecule has 0 radical (unpaired) electrons. The van der Waals surface area contributed by atoms with Crippen LogP contribution in [-0.2, 0) is 6.54 Å². The lowest BCUT2D eigenvalue weighted by molar-refractivity contribution is 0.460. The van der Waals surface area contributed by atoms with Gasteiger partial charge in [0.25, 0.3) is 0 Å². The Kier molecular flexibility index (Phi) is 3.99. The number of thiazole rings is 1. The topological polar surface area (TPSA) is 45.2 Å². The monoisotopic (exact) mass is 262 g/mol. The Bertz CT molecular complexity index is 536. The quantitative estimate of drug-likeness (QED) is 0.888. The van der Waals surface area contributed by atoms with Crippen molar-refractivity contribution in [3.63, 3.8) is 0 Å². The zero-order chi connectivity index (χ0) is 13.1. The molecule has 0 saturated heterocycles. The number of nitrogens with zero attached hydrogens (tertiary/aromatic N) is 1. The lowest BCUT2D eigenvalue weighted by Gasteiger charge is -2.13. The van der Waals surface area contributed by atoms with Crippen LogP contribution in [0.4, 0.5) is 0 Å². The summed E-state index contributed by atoms with van der Waals surface area (Å²) in [5.74, 6) is 0.342. The van der Waals surface area contributed by atoms with E-state index in [1.807, 2.05) is 32.0 Å². The number of nitrogens with one attached hydrogen (secondary N) is 1. The summed E-state index contributed by atoms with van der Waals surface area (Å²) in [6.45, 7) is 6.85. The first-order valence-corrected chi connectivity index (χ1v) is 6.83. The molecule has 0 aliphatic rings. The normalized spacial score (nSPS) is 12.6. The van der Waals surface area contributed by atoms with E-state index in [-0.39, 0.29) is 6.04 Å². The van der Waals surface area contributed by atoms with Gasteiger partial charge in [0, 0.05) is 23.0 Å². The predicted octanol–water partition coefficient (Wildman–Crippen LogP) is 3.32. The molecule has 4 heteroatoms. The third kappa shape index (κ3) is 2.89. The van der Waals surface area contributed by atoms with Crippen molar-refractivity contribution >= 4 is 11.3 Å². The van der Waals surface area contributed by atoms with Gasteiger partial charge in [0.15, 0.2) is 0 Å². The van der Waals surface area contributed by atoms with Crippen molar-refractivity contribution in [3.8, 4) is 5.75 Å². The Morgan fingerprint density at radius 1 is 1.33 bits per heavy atom. The lowest BCUT2D eigenvalue weighted by Crippen LogP contribution is -2.17. The number of rotatable bonds is 4. The lowest BCUT2D eigenvalue weighted by atomic mass is 10.1. The van der Waals surface area contributed by atoms with Gasteiger partial charge in [-0.2, -0.15) is 0 Å². The van der Waals surface area contributed by atoms with Crippen molar-refractivity contribution in [2.45, 2.75) is 33.4 Å². The molecular weight excluding hydrogens is 244 g/mol. The minimum absolute atomic E-state index is 0.246. The van der Waals surface area contributed by atoms with Crippen molar-refractivity contribution in [1.82, 2.24) is 10.3 Å². The largest absolute Gasteiger partial charge is 0.508 e. The summed E-state index contributed by atoms with van der Waals surface area (Å²) < 4.78 is 0. The summed E-state index contributed by atoms with van der Waals surface area (Å²) in [5, 5.41) is 14.2. The first kappa shape index (κ1) is 13.1. The molecule has 1 unspecified atom stereocenters. The Hall–Kier alpha value is -1.39.